The number of halogens is 3. The fraction of sp³-hybridized carbons (Fsp3) is 0.250. The summed E-state index contributed by atoms with van der Waals surface area (Å²) < 4.78 is 41.7. The topological polar surface area (TPSA) is 113 Å². The molecule has 0 spiro atoms. The van der Waals surface area contributed by atoms with E-state index in [0.29, 0.717) is 22.7 Å². The van der Waals surface area contributed by atoms with E-state index in [9.17, 15) is 22.8 Å². The van der Waals surface area contributed by atoms with Gasteiger partial charge in [-0.15, -0.1) is 0 Å². The minimum absolute atomic E-state index is 0.0382. The number of fused-ring (bicyclic) bond motifs is 3. The van der Waals surface area contributed by atoms with Crippen molar-refractivity contribution < 1.29 is 22.8 Å². The molecular formula is C20H15F3N6O2S. The minimum Gasteiger partial charge on any atom is -0.337 e. The Balaban J connectivity index is 1.53. The molecule has 0 atom stereocenters. The molecule has 0 saturated heterocycles. The van der Waals surface area contributed by atoms with Crippen LogP contribution in [0.5, 0.6) is 0 Å². The van der Waals surface area contributed by atoms with Crippen LogP contribution >= 0.6 is 11.3 Å². The lowest BCUT2D eigenvalue weighted by Gasteiger charge is -2.14. The van der Waals surface area contributed by atoms with Crippen LogP contribution in [0.3, 0.4) is 0 Å². The van der Waals surface area contributed by atoms with Crippen molar-refractivity contribution in [2.24, 2.45) is 0 Å². The molecule has 2 heterocycles. The van der Waals surface area contributed by atoms with Crippen LogP contribution in [-0.2, 0) is 17.4 Å². The van der Waals surface area contributed by atoms with E-state index >= 15 is 0 Å². The van der Waals surface area contributed by atoms with E-state index in [-0.39, 0.29) is 36.0 Å². The second kappa shape index (κ2) is 8.43. The van der Waals surface area contributed by atoms with Gasteiger partial charge >= 0.3 is 12.2 Å². The second-order valence-electron chi connectivity index (χ2n) is 6.92. The van der Waals surface area contributed by atoms with Gasteiger partial charge < -0.3 is 5.32 Å². The number of amides is 2. The molecule has 0 fully saturated rings. The van der Waals surface area contributed by atoms with E-state index in [1.165, 1.54) is 29.1 Å². The van der Waals surface area contributed by atoms with Crippen molar-refractivity contribution in [1.29, 1.82) is 5.26 Å². The van der Waals surface area contributed by atoms with Crippen LogP contribution < -0.4 is 10.6 Å². The van der Waals surface area contributed by atoms with Crippen LogP contribution in [0.2, 0.25) is 0 Å². The number of carbonyl (C=O) groups is 2. The molecule has 2 amide bonds. The smallest absolute Gasteiger partial charge is 0.337 e. The highest BCUT2D eigenvalue weighted by Crippen LogP contribution is 2.44. The predicted octanol–water partition coefficient (Wildman–Crippen LogP) is 3.91. The number of nitriles is 1. The number of hydrogen-bond donors (Lipinski definition) is 2. The van der Waals surface area contributed by atoms with Crippen LogP contribution in [0, 0.1) is 11.3 Å². The van der Waals surface area contributed by atoms with Crippen LogP contribution in [0.25, 0.3) is 16.3 Å². The third-order valence-corrected chi connectivity index (χ3v) is 5.76. The average Bonchev–Trinajstić information content (AvgIpc) is 3.38. The molecule has 0 saturated carbocycles. The van der Waals surface area contributed by atoms with Crippen molar-refractivity contribution >= 4 is 28.3 Å². The van der Waals surface area contributed by atoms with Crippen molar-refractivity contribution in [3.8, 4) is 22.3 Å². The molecule has 0 aliphatic heterocycles. The molecule has 1 aliphatic rings. The van der Waals surface area contributed by atoms with Gasteiger partial charge in [0, 0.05) is 24.9 Å². The maximum Gasteiger partial charge on any atom is 0.418 e. The Labute approximate surface area is 183 Å². The number of ketones is 1. The van der Waals surface area contributed by atoms with Crippen molar-refractivity contribution in [1.82, 2.24) is 20.1 Å². The van der Waals surface area contributed by atoms with Crippen molar-refractivity contribution in [2.75, 3.05) is 11.9 Å². The van der Waals surface area contributed by atoms with Gasteiger partial charge in [0.1, 0.15) is 5.78 Å². The van der Waals surface area contributed by atoms with Gasteiger partial charge in [0.2, 0.25) is 0 Å². The number of para-hydroxylation sites is 1. The molecule has 0 bridgehead atoms. The summed E-state index contributed by atoms with van der Waals surface area (Å²) in [7, 11) is 0. The number of carbonyl (C=O) groups excluding carboxylic acids is 2. The zero-order valence-corrected chi connectivity index (χ0v) is 17.2. The summed E-state index contributed by atoms with van der Waals surface area (Å²) in [5.41, 5.74) is 1.02. The summed E-state index contributed by atoms with van der Waals surface area (Å²) in [6, 6.07) is 6.37. The number of urea groups is 1. The zero-order chi connectivity index (χ0) is 22.9. The Morgan fingerprint density at radius 3 is 2.81 bits per heavy atom. The number of hydrogen-bond acceptors (Lipinski definition) is 6. The second-order valence-corrected chi connectivity index (χ2v) is 7.92. The van der Waals surface area contributed by atoms with Gasteiger partial charge in [0.25, 0.3) is 0 Å². The van der Waals surface area contributed by atoms with Gasteiger partial charge in [-0.3, -0.25) is 10.1 Å². The van der Waals surface area contributed by atoms with E-state index in [4.69, 9.17) is 5.26 Å². The molecule has 1 aliphatic carbocycles. The first kappa shape index (κ1) is 21.5. The molecule has 2 aromatic heterocycles. The monoisotopic (exact) mass is 460 g/mol. The number of nitrogens with zero attached hydrogens (tertiary/aromatic N) is 4. The molecule has 4 rings (SSSR count). The summed E-state index contributed by atoms with van der Waals surface area (Å²) in [5.74, 6) is -0.277. The van der Waals surface area contributed by atoms with Gasteiger partial charge in [-0.2, -0.15) is 23.5 Å². The van der Waals surface area contributed by atoms with Gasteiger partial charge in [-0.25, -0.2) is 14.5 Å². The minimum atomic E-state index is -4.54. The Bertz CT molecular complexity index is 1240. The first-order valence-electron chi connectivity index (χ1n) is 9.45. The maximum absolute atomic E-state index is 13.5. The molecule has 3 aromatic rings. The SMILES string of the molecule is N#CCC(=O)CCNC(=O)Nc1nc2c(s1)-c1c(cnn1-c1ccccc1C(F)(F)F)C2. The molecule has 164 valence electrons. The Morgan fingerprint density at radius 2 is 2.06 bits per heavy atom. The fourth-order valence-electron chi connectivity index (χ4n) is 3.36. The summed E-state index contributed by atoms with van der Waals surface area (Å²) >= 11 is 1.13. The number of aromatic nitrogens is 3. The largest absolute Gasteiger partial charge is 0.418 e. The quantitative estimate of drug-likeness (QED) is 0.453. The third-order valence-electron chi connectivity index (χ3n) is 4.74. The average molecular weight is 460 g/mol. The van der Waals surface area contributed by atoms with E-state index < -0.39 is 17.8 Å². The number of anilines is 1. The predicted molar refractivity (Wildman–Crippen MR) is 109 cm³/mol. The molecule has 12 heteroatoms. The Hall–Kier alpha value is -3.72. The van der Waals surface area contributed by atoms with Crippen molar-refractivity contribution in [2.45, 2.75) is 25.4 Å². The summed E-state index contributed by atoms with van der Waals surface area (Å²) in [6.45, 7) is 0.0720. The van der Waals surface area contributed by atoms with Crippen molar-refractivity contribution in [3.05, 3.63) is 47.3 Å². The van der Waals surface area contributed by atoms with Crippen LogP contribution in [-0.4, -0.2) is 33.1 Å². The number of thiazole rings is 1. The van der Waals surface area contributed by atoms with Crippen molar-refractivity contribution in [3.63, 3.8) is 0 Å². The summed E-state index contributed by atoms with van der Waals surface area (Å²) in [4.78, 5) is 28.4. The Kier molecular flexibility index (Phi) is 5.67. The highest BCUT2D eigenvalue weighted by molar-refractivity contribution is 7.19. The lowest BCUT2D eigenvalue weighted by Crippen LogP contribution is -2.30. The zero-order valence-electron chi connectivity index (χ0n) is 16.4. The number of alkyl halides is 3. The normalized spacial score (nSPS) is 12.1. The highest BCUT2D eigenvalue weighted by Gasteiger charge is 2.36. The van der Waals surface area contributed by atoms with E-state index in [1.807, 2.05) is 0 Å². The van der Waals surface area contributed by atoms with E-state index in [1.54, 1.807) is 6.07 Å². The summed E-state index contributed by atoms with van der Waals surface area (Å²) in [6.07, 6.45) is -2.80. The molecule has 0 unspecified atom stereocenters. The summed E-state index contributed by atoms with van der Waals surface area (Å²) in [5, 5.41) is 18.0. The van der Waals surface area contributed by atoms with Crippen LogP contribution in [0.4, 0.5) is 23.1 Å². The molecule has 0 radical (unpaired) electrons. The van der Waals surface area contributed by atoms with Gasteiger partial charge in [-0.05, 0) is 12.1 Å². The first-order chi connectivity index (χ1) is 15.3. The first-order valence-corrected chi connectivity index (χ1v) is 10.3. The molecule has 2 N–H and O–H groups in total. The maximum atomic E-state index is 13.5. The molecular weight excluding hydrogens is 445 g/mol. The Morgan fingerprint density at radius 1 is 1.28 bits per heavy atom. The standard InChI is InChI=1S/C20H15F3N6O2S/c21-20(22,23)13-3-1-2-4-15(13)29-16-11(10-26-29)9-14-17(16)32-19(27-14)28-18(31)25-8-6-12(30)5-7-24/h1-4,10H,5-6,8-9H2,(H2,25,27,28,31). The number of rotatable bonds is 6. The highest BCUT2D eigenvalue weighted by atomic mass is 32.1. The van der Waals surface area contributed by atoms with Crippen LogP contribution in [0.15, 0.2) is 30.5 Å². The van der Waals surface area contributed by atoms with E-state index in [2.05, 4.69) is 20.7 Å². The number of benzene rings is 1. The number of nitrogens with one attached hydrogen (secondary N) is 2. The third kappa shape index (κ3) is 4.19. The lowest BCUT2D eigenvalue weighted by atomic mass is 10.1. The van der Waals surface area contributed by atoms with Gasteiger partial charge in [0.05, 0.1) is 46.2 Å². The van der Waals surface area contributed by atoms with E-state index in [0.717, 1.165) is 23.0 Å². The molecule has 32 heavy (non-hydrogen) atoms. The molecule has 8 nitrogen and oxygen atoms in total. The fourth-order valence-corrected chi connectivity index (χ4v) is 4.40. The van der Waals surface area contributed by atoms with Crippen LogP contribution in [0.1, 0.15) is 29.7 Å². The number of Topliss-reactive ketones (excluding diaryl/α,β-unsaturated/α-hetero) is 1. The molecule has 1 aromatic carbocycles. The van der Waals surface area contributed by atoms with Gasteiger partial charge in [-0.1, -0.05) is 23.5 Å². The van der Waals surface area contributed by atoms with Gasteiger partial charge in [0.15, 0.2) is 5.13 Å². The lowest BCUT2D eigenvalue weighted by molar-refractivity contribution is -0.137.